The molecule has 2 aromatic rings. The molecule has 1 aromatic heterocycles. The number of halogens is 1. The standard InChI is InChI=1S/C22H30N4O.ClH/c1-4-12-25(17-10-11-23-14-17)22(27)21-18-6-5-7-20(18)26(24-21)19-9-8-15(2)13-16(19)3;/h8-9,13,17,23H,4-7,10-12,14H2,1-3H3;1H. The van der Waals surface area contributed by atoms with Gasteiger partial charge in [0.05, 0.1) is 5.69 Å². The second-order valence-corrected chi connectivity index (χ2v) is 7.97. The second kappa shape index (κ2) is 8.66. The van der Waals surface area contributed by atoms with E-state index in [1.807, 2.05) is 4.68 Å². The molecule has 1 aliphatic heterocycles. The highest BCUT2D eigenvalue weighted by molar-refractivity contribution is 5.94. The summed E-state index contributed by atoms with van der Waals surface area (Å²) in [6, 6.07) is 6.74. The maximum Gasteiger partial charge on any atom is 0.274 e. The summed E-state index contributed by atoms with van der Waals surface area (Å²) in [5, 5.41) is 8.27. The highest BCUT2D eigenvalue weighted by Gasteiger charge is 2.33. The first-order valence-electron chi connectivity index (χ1n) is 10.3. The maximum atomic E-state index is 13.5. The number of amides is 1. The summed E-state index contributed by atoms with van der Waals surface area (Å²) in [5.74, 6) is 0.118. The van der Waals surface area contributed by atoms with Crippen LogP contribution < -0.4 is 5.32 Å². The monoisotopic (exact) mass is 402 g/mol. The van der Waals surface area contributed by atoms with Crippen LogP contribution in [-0.4, -0.2) is 46.3 Å². The quantitative estimate of drug-likeness (QED) is 0.831. The summed E-state index contributed by atoms with van der Waals surface area (Å²) in [5.41, 5.74) is 6.64. The molecule has 1 atom stereocenters. The van der Waals surface area contributed by atoms with E-state index in [2.05, 4.69) is 49.2 Å². The zero-order valence-corrected chi connectivity index (χ0v) is 17.9. The Morgan fingerprint density at radius 1 is 1.32 bits per heavy atom. The Labute approximate surface area is 173 Å². The molecule has 1 fully saturated rings. The van der Waals surface area contributed by atoms with Gasteiger partial charge in [0.1, 0.15) is 0 Å². The summed E-state index contributed by atoms with van der Waals surface area (Å²) in [6.07, 6.45) is 5.08. The summed E-state index contributed by atoms with van der Waals surface area (Å²) >= 11 is 0. The third-order valence-electron chi connectivity index (χ3n) is 5.91. The van der Waals surface area contributed by atoms with Crippen LogP contribution >= 0.6 is 12.4 Å². The van der Waals surface area contributed by atoms with Crippen LogP contribution in [0.5, 0.6) is 0 Å². The molecular formula is C22H31ClN4O. The number of fused-ring (bicyclic) bond motifs is 1. The average Bonchev–Trinajstić information content (AvgIpc) is 3.37. The fourth-order valence-corrected chi connectivity index (χ4v) is 4.58. The molecule has 1 amide bonds. The molecular weight excluding hydrogens is 372 g/mol. The van der Waals surface area contributed by atoms with E-state index in [1.54, 1.807) is 0 Å². The van der Waals surface area contributed by atoms with Crippen molar-refractivity contribution in [3.05, 3.63) is 46.3 Å². The molecule has 0 radical (unpaired) electrons. The maximum absolute atomic E-state index is 13.5. The third-order valence-corrected chi connectivity index (χ3v) is 5.91. The number of hydrogen-bond acceptors (Lipinski definition) is 3. The van der Waals surface area contributed by atoms with Crippen LogP contribution in [0, 0.1) is 13.8 Å². The van der Waals surface area contributed by atoms with Crippen LogP contribution in [0.25, 0.3) is 5.69 Å². The summed E-state index contributed by atoms with van der Waals surface area (Å²) in [4.78, 5) is 15.6. The number of nitrogens with zero attached hydrogens (tertiary/aromatic N) is 3. The molecule has 6 heteroatoms. The predicted molar refractivity (Wildman–Crippen MR) is 115 cm³/mol. The molecule has 2 heterocycles. The number of rotatable bonds is 5. The molecule has 152 valence electrons. The smallest absolute Gasteiger partial charge is 0.274 e. The topological polar surface area (TPSA) is 50.2 Å². The van der Waals surface area contributed by atoms with E-state index in [0.29, 0.717) is 11.7 Å². The fourth-order valence-electron chi connectivity index (χ4n) is 4.58. The Kier molecular flexibility index (Phi) is 6.46. The minimum atomic E-state index is 0. The van der Waals surface area contributed by atoms with Crippen molar-refractivity contribution >= 4 is 18.3 Å². The van der Waals surface area contributed by atoms with E-state index >= 15 is 0 Å². The molecule has 2 aliphatic rings. The van der Waals surface area contributed by atoms with E-state index < -0.39 is 0 Å². The Morgan fingerprint density at radius 3 is 2.82 bits per heavy atom. The molecule has 1 unspecified atom stereocenters. The number of benzene rings is 1. The minimum Gasteiger partial charge on any atom is -0.333 e. The van der Waals surface area contributed by atoms with Crippen molar-refractivity contribution in [3.8, 4) is 5.69 Å². The summed E-state index contributed by atoms with van der Waals surface area (Å²) in [7, 11) is 0. The highest BCUT2D eigenvalue weighted by atomic mass is 35.5. The van der Waals surface area contributed by atoms with Crippen LogP contribution in [-0.2, 0) is 12.8 Å². The van der Waals surface area contributed by atoms with E-state index in [4.69, 9.17) is 5.10 Å². The molecule has 1 N–H and O–H groups in total. The molecule has 4 rings (SSSR count). The number of carbonyl (C=O) groups is 1. The first-order chi connectivity index (χ1) is 13.1. The Balaban J connectivity index is 0.00000225. The zero-order valence-electron chi connectivity index (χ0n) is 17.1. The molecule has 28 heavy (non-hydrogen) atoms. The van der Waals surface area contributed by atoms with Crippen LogP contribution in [0.1, 0.15) is 59.1 Å². The first-order valence-corrected chi connectivity index (χ1v) is 10.3. The fraction of sp³-hybridized carbons (Fsp3) is 0.545. The van der Waals surface area contributed by atoms with Crippen molar-refractivity contribution in [1.29, 1.82) is 0 Å². The highest BCUT2D eigenvalue weighted by Crippen LogP contribution is 2.30. The van der Waals surface area contributed by atoms with Gasteiger partial charge in [0.15, 0.2) is 5.69 Å². The molecule has 1 aliphatic carbocycles. The van der Waals surface area contributed by atoms with Gasteiger partial charge in [0.25, 0.3) is 5.91 Å². The lowest BCUT2D eigenvalue weighted by Crippen LogP contribution is -2.42. The van der Waals surface area contributed by atoms with Gasteiger partial charge in [0.2, 0.25) is 0 Å². The van der Waals surface area contributed by atoms with E-state index in [0.717, 1.165) is 57.4 Å². The summed E-state index contributed by atoms with van der Waals surface area (Å²) < 4.78 is 2.04. The zero-order chi connectivity index (χ0) is 19.0. The molecule has 1 saturated heterocycles. The predicted octanol–water partition coefficient (Wildman–Crippen LogP) is 3.61. The Morgan fingerprint density at radius 2 is 2.14 bits per heavy atom. The molecule has 0 bridgehead atoms. The van der Waals surface area contributed by atoms with Gasteiger partial charge in [0, 0.05) is 30.4 Å². The second-order valence-electron chi connectivity index (χ2n) is 7.97. The van der Waals surface area contributed by atoms with Crippen molar-refractivity contribution in [2.75, 3.05) is 19.6 Å². The number of hydrogen-bond donors (Lipinski definition) is 1. The van der Waals surface area contributed by atoms with Gasteiger partial charge in [-0.2, -0.15) is 5.10 Å². The van der Waals surface area contributed by atoms with Crippen molar-refractivity contribution in [1.82, 2.24) is 20.0 Å². The first kappa shape index (κ1) is 20.9. The van der Waals surface area contributed by atoms with E-state index in [-0.39, 0.29) is 18.3 Å². The van der Waals surface area contributed by atoms with Crippen LogP contribution in [0.2, 0.25) is 0 Å². The SMILES string of the molecule is CCCN(C(=O)c1nn(-c2ccc(C)cc2C)c2c1CCC2)C1CCNC1.Cl. The van der Waals surface area contributed by atoms with Gasteiger partial charge >= 0.3 is 0 Å². The number of aryl methyl sites for hydroxylation is 2. The average molecular weight is 403 g/mol. The number of aromatic nitrogens is 2. The Hall–Kier alpha value is -1.85. The van der Waals surface area contributed by atoms with Gasteiger partial charge < -0.3 is 10.2 Å². The van der Waals surface area contributed by atoms with Gasteiger partial charge in [-0.3, -0.25) is 4.79 Å². The largest absolute Gasteiger partial charge is 0.333 e. The van der Waals surface area contributed by atoms with Crippen molar-refractivity contribution in [3.63, 3.8) is 0 Å². The lowest BCUT2D eigenvalue weighted by atomic mass is 10.1. The van der Waals surface area contributed by atoms with Gasteiger partial charge in [-0.25, -0.2) is 4.68 Å². The molecule has 5 nitrogen and oxygen atoms in total. The number of nitrogens with one attached hydrogen (secondary N) is 1. The third kappa shape index (κ3) is 3.70. The van der Waals surface area contributed by atoms with Crippen LogP contribution in [0.3, 0.4) is 0 Å². The van der Waals surface area contributed by atoms with Crippen molar-refractivity contribution < 1.29 is 4.79 Å². The minimum absolute atomic E-state index is 0. The normalized spacial score (nSPS) is 18.0. The number of carbonyl (C=O) groups excluding carboxylic acids is 1. The van der Waals surface area contributed by atoms with E-state index in [1.165, 1.54) is 22.4 Å². The molecule has 0 saturated carbocycles. The van der Waals surface area contributed by atoms with Crippen molar-refractivity contribution in [2.24, 2.45) is 0 Å². The van der Waals surface area contributed by atoms with Crippen LogP contribution in [0.15, 0.2) is 18.2 Å². The van der Waals surface area contributed by atoms with Gasteiger partial charge in [-0.15, -0.1) is 12.4 Å². The van der Waals surface area contributed by atoms with Gasteiger partial charge in [-0.1, -0.05) is 24.6 Å². The molecule has 1 aromatic carbocycles. The lowest BCUT2D eigenvalue weighted by molar-refractivity contribution is 0.0684. The Bertz CT molecular complexity index is 854. The molecule has 0 spiro atoms. The van der Waals surface area contributed by atoms with E-state index in [9.17, 15) is 4.79 Å². The van der Waals surface area contributed by atoms with Crippen molar-refractivity contribution in [2.45, 2.75) is 58.9 Å². The van der Waals surface area contributed by atoms with Gasteiger partial charge in [-0.05, 0) is 64.1 Å². The van der Waals surface area contributed by atoms with Crippen LogP contribution in [0.4, 0.5) is 0 Å². The summed E-state index contributed by atoms with van der Waals surface area (Å²) in [6.45, 7) is 9.06. The lowest BCUT2D eigenvalue weighted by Gasteiger charge is -2.27.